The second-order valence-corrected chi connectivity index (χ2v) is 11.6. The third-order valence-corrected chi connectivity index (χ3v) is 10.3. The van der Waals surface area contributed by atoms with E-state index in [2.05, 4.69) is 37.9 Å². The van der Waals surface area contributed by atoms with Crippen LogP contribution in [0.5, 0.6) is 0 Å². The van der Waals surface area contributed by atoms with E-state index < -0.39 is 0 Å². The van der Waals surface area contributed by atoms with E-state index in [0.717, 1.165) is 36.5 Å². The van der Waals surface area contributed by atoms with Gasteiger partial charge in [-0.1, -0.05) is 25.0 Å². The fourth-order valence-corrected chi connectivity index (χ4v) is 8.73. The van der Waals surface area contributed by atoms with Gasteiger partial charge in [0, 0.05) is 19.5 Å². The van der Waals surface area contributed by atoms with Gasteiger partial charge in [-0.05, 0) is 118 Å². The van der Waals surface area contributed by atoms with Crippen molar-refractivity contribution in [1.29, 1.82) is 0 Å². The average Bonchev–Trinajstić information content (AvgIpc) is 3.06. The number of fused-ring (bicyclic) bond motifs is 5. The van der Waals surface area contributed by atoms with Crippen molar-refractivity contribution in [3.05, 3.63) is 23.4 Å². The summed E-state index contributed by atoms with van der Waals surface area (Å²) in [6.07, 6.45) is 18.8. The van der Waals surface area contributed by atoms with Crippen molar-refractivity contribution in [2.45, 2.75) is 91.4 Å². The Morgan fingerprint density at radius 3 is 2.59 bits per heavy atom. The van der Waals surface area contributed by atoms with Gasteiger partial charge in [-0.25, -0.2) is 0 Å². The van der Waals surface area contributed by atoms with Crippen LogP contribution < -0.4 is 0 Å². The molecule has 0 spiro atoms. The maximum Gasteiger partial charge on any atom is 0.155 e. The number of carbonyl (C=O) groups is 1. The van der Waals surface area contributed by atoms with E-state index in [1.807, 2.05) is 0 Å². The van der Waals surface area contributed by atoms with Crippen molar-refractivity contribution in [2.75, 3.05) is 13.1 Å². The van der Waals surface area contributed by atoms with E-state index in [-0.39, 0.29) is 0 Å². The molecule has 3 saturated carbocycles. The lowest BCUT2D eigenvalue weighted by molar-refractivity contribution is -0.117. The first-order valence-corrected chi connectivity index (χ1v) is 12.6. The molecule has 4 aliphatic carbocycles. The van der Waals surface area contributed by atoms with Gasteiger partial charge >= 0.3 is 0 Å². The predicted molar refractivity (Wildman–Crippen MR) is 119 cm³/mol. The van der Waals surface area contributed by atoms with Crippen LogP contribution in [-0.4, -0.2) is 23.8 Å². The monoisotopic (exact) mass is 395 g/mol. The molecule has 4 fully saturated rings. The summed E-state index contributed by atoms with van der Waals surface area (Å²) in [5.74, 6) is 3.77. The molecule has 0 bridgehead atoms. The zero-order chi connectivity index (χ0) is 20.2. The highest BCUT2D eigenvalue weighted by Crippen LogP contribution is 2.67. The summed E-state index contributed by atoms with van der Waals surface area (Å²) in [4.78, 5) is 14.7. The minimum Gasteiger partial charge on any atom is -0.377 e. The minimum absolute atomic E-state index is 0.314. The van der Waals surface area contributed by atoms with Crippen LogP contribution in [0.25, 0.3) is 0 Å². The van der Waals surface area contributed by atoms with Crippen LogP contribution in [-0.2, 0) is 4.79 Å². The van der Waals surface area contributed by atoms with Gasteiger partial charge in [0.1, 0.15) is 0 Å². The lowest BCUT2D eigenvalue weighted by atomic mass is 9.46. The number of likely N-dealkylation sites (tertiary alicyclic amines) is 1. The number of carbonyl (C=O) groups excluding carboxylic acids is 1. The van der Waals surface area contributed by atoms with Gasteiger partial charge in [0.25, 0.3) is 0 Å². The quantitative estimate of drug-likeness (QED) is 0.530. The van der Waals surface area contributed by atoms with E-state index in [1.54, 1.807) is 5.57 Å². The van der Waals surface area contributed by atoms with Crippen LogP contribution >= 0.6 is 0 Å². The molecular formula is C27H41NO. The smallest absolute Gasteiger partial charge is 0.155 e. The second kappa shape index (κ2) is 7.27. The summed E-state index contributed by atoms with van der Waals surface area (Å²) in [7, 11) is 0. The number of nitrogens with zero attached hydrogens (tertiary/aromatic N) is 1. The lowest BCUT2D eigenvalue weighted by Crippen LogP contribution is -2.50. The second-order valence-electron chi connectivity index (χ2n) is 11.6. The Labute approximate surface area is 178 Å². The minimum atomic E-state index is 0.314. The lowest BCUT2D eigenvalue weighted by Gasteiger charge is -2.58. The van der Waals surface area contributed by atoms with Crippen LogP contribution in [0.2, 0.25) is 0 Å². The molecule has 0 N–H and O–H groups in total. The summed E-state index contributed by atoms with van der Waals surface area (Å²) in [5.41, 5.74) is 3.99. The Morgan fingerprint density at radius 2 is 1.79 bits per heavy atom. The van der Waals surface area contributed by atoms with Crippen molar-refractivity contribution in [3.8, 4) is 0 Å². The van der Waals surface area contributed by atoms with Gasteiger partial charge in [0.05, 0.1) is 0 Å². The zero-order valence-electron chi connectivity index (χ0n) is 19.0. The topological polar surface area (TPSA) is 20.3 Å². The Morgan fingerprint density at radius 1 is 1.00 bits per heavy atom. The molecule has 29 heavy (non-hydrogen) atoms. The number of ketones is 1. The predicted octanol–water partition coefficient (Wildman–Crippen LogP) is 6.52. The van der Waals surface area contributed by atoms with Crippen LogP contribution in [0.4, 0.5) is 0 Å². The highest BCUT2D eigenvalue weighted by atomic mass is 16.1. The molecule has 2 heteroatoms. The SMILES string of the molecule is C/C(=C\N1CCCCC1)[C@H]1CCC2C3CCC4=CC(=O)CC[C@]4(C)C3CC[C@@]21C. The number of allylic oxidation sites excluding steroid dienone is 2. The Hall–Kier alpha value is -1.05. The Kier molecular flexibility index (Phi) is 4.99. The number of hydrogen-bond donors (Lipinski definition) is 0. The maximum absolute atomic E-state index is 12.0. The Balaban J connectivity index is 1.38. The first-order chi connectivity index (χ1) is 13.9. The molecule has 1 saturated heterocycles. The molecule has 0 aromatic rings. The molecule has 2 nitrogen and oxygen atoms in total. The van der Waals surface area contributed by atoms with Gasteiger partial charge < -0.3 is 4.90 Å². The molecule has 5 aliphatic rings. The van der Waals surface area contributed by atoms with Crippen LogP contribution in [0.3, 0.4) is 0 Å². The molecule has 6 atom stereocenters. The molecule has 1 heterocycles. The van der Waals surface area contributed by atoms with Crippen molar-refractivity contribution in [1.82, 2.24) is 4.90 Å². The third kappa shape index (κ3) is 3.15. The molecule has 1 aliphatic heterocycles. The molecule has 160 valence electrons. The summed E-state index contributed by atoms with van der Waals surface area (Å²) < 4.78 is 0. The van der Waals surface area contributed by atoms with Crippen LogP contribution in [0.1, 0.15) is 91.4 Å². The van der Waals surface area contributed by atoms with Gasteiger partial charge in [-0.3, -0.25) is 4.79 Å². The standard InChI is InChI=1S/C27H41NO/c1-19(18-28-15-5-4-6-16-28)23-9-10-24-22-8-7-20-17-21(29)11-13-26(20,2)25(22)12-14-27(23,24)3/h17-18,22-25H,4-16H2,1-3H3/b19-18+/t22?,23-,24?,25?,26+,27-/m1/s1. The van der Waals surface area contributed by atoms with Crippen molar-refractivity contribution in [3.63, 3.8) is 0 Å². The van der Waals surface area contributed by atoms with Crippen LogP contribution in [0, 0.1) is 34.5 Å². The van der Waals surface area contributed by atoms with Gasteiger partial charge in [0.2, 0.25) is 0 Å². The van der Waals surface area contributed by atoms with E-state index in [0.29, 0.717) is 16.6 Å². The molecule has 0 aromatic carbocycles. The van der Waals surface area contributed by atoms with Gasteiger partial charge in [-0.15, -0.1) is 0 Å². The summed E-state index contributed by atoms with van der Waals surface area (Å²) >= 11 is 0. The average molecular weight is 396 g/mol. The fourth-order valence-electron chi connectivity index (χ4n) is 8.73. The van der Waals surface area contributed by atoms with Gasteiger partial charge in [-0.2, -0.15) is 0 Å². The molecule has 5 rings (SSSR count). The summed E-state index contributed by atoms with van der Waals surface area (Å²) in [5, 5.41) is 0. The Bertz CT molecular complexity index is 729. The van der Waals surface area contributed by atoms with E-state index in [9.17, 15) is 4.79 Å². The van der Waals surface area contributed by atoms with Crippen molar-refractivity contribution in [2.24, 2.45) is 34.5 Å². The van der Waals surface area contributed by atoms with Crippen molar-refractivity contribution < 1.29 is 4.79 Å². The van der Waals surface area contributed by atoms with E-state index >= 15 is 0 Å². The van der Waals surface area contributed by atoms with E-state index in [1.165, 1.54) is 76.5 Å². The maximum atomic E-state index is 12.0. The zero-order valence-corrected chi connectivity index (χ0v) is 19.0. The molecular weight excluding hydrogens is 354 g/mol. The molecule has 3 unspecified atom stereocenters. The molecule has 0 amide bonds. The largest absolute Gasteiger partial charge is 0.377 e. The van der Waals surface area contributed by atoms with E-state index in [4.69, 9.17) is 0 Å². The fraction of sp³-hybridized carbons (Fsp3) is 0.815. The third-order valence-electron chi connectivity index (χ3n) is 10.3. The molecule has 0 aromatic heterocycles. The molecule has 0 radical (unpaired) electrons. The summed E-state index contributed by atoms with van der Waals surface area (Å²) in [6.45, 7) is 10.1. The number of hydrogen-bond acceptors (Lipinski definition) is 2. The number of rotatable bonds is 2. The van der Waals surface area contributed by atoms with Crippen molar-refractivity contribution >= 4 is 5.78 Å². The van der Waals surface area contributed by atoms with Crippen LogP contribution in [0.15, 0.2) is 23.4 Å². The van der Waals surface area contributed by atoms with Gasteiger partial charge in [0.15, 0.2) is 5.78 Å². The normalized spacial score (nSPS) is 45.3. The first kappa shape index (κ1) is 19.9. The highest BCUT2D eigenvalue weighted by molar-refractivity contribution is 5.91. The summed E-state index contributed by atoms with van der Waals surface area (Å²) in [6, 6.07) is 0. The highest BCUT2D eigenvalue weighted by Gasteiger charge is 2.59. The number of piperidine rings is 1. The first-order valence-electron chi connectivity index (χ1n) is 12.6.